The number of pyridine rings is 1. The zero-order valence-corrected chi connectivity index (χ0v) is 10.3. The van der Waals surface area contributed by atoms with Gasteiger partial charge in [0.15, 0.2) is 0 Å². The monoisotopic (exact) mass is 233 g/mol. The summed E-state index contributed by atoms with van der Waals surface area (Å²) >= 11 is 1.74. The highest BCUT2D eigenvalue weighted by atomic mass is 32.1. The maximum Gasteiger partial charge on any atom is 0.123 e. The summed E-state index contributed by atoms with van der Waals surface area (Å²) in [4.78, 5) is 9.81. The highest BCUT2D eigenvalue weighted by Crippen LogP contribution is 2.26. The Kier molecular flexibility index (Phi) is 3.64. The molecule has 84 valence electrons. The Morgan fingerprint density at radius 3 is 3.00 bits per heavy atom. The van der Waals surface area contributed by atoms with Gasteiger partial charge in [0.2, 0.25) is 0 Å². The summed E-state index contributed by atoms with van der Waals surface area (Å²) in [5, 5.41) is 4.38. The second-order valence-corrected chi connectivity index (χ2v) is 4.72. The van der Waals surface area contributed by atoms with E-state index in [1.807, 2.05) is 24.7 Å². The summed E-state index contributed by atoms with van der Waals surface area (Å²) in [5.41, 5.74) is 2.36. The molecule has 0 aromatic carbocycles. The van der Waals surface area contributed by atoms with E-state index in [9.17, 15) is 0 Å². The number of aromatic nitrogens is 2. The van der Waals surface area contributed by atoms with E-state index < -0.39 is 0 Å². The van der Waals surface area contributed by atoms with Crippen LogP contribution >= 0.6 is 11.3 Å². The average Bonchev–Trinajstić information content (AvgIpc) is 2.75. The molecule has 0 unspecified atom stereocenters. The van der Waals surface area contributed by atoms with E-state index in [2.05, 4.69) is 29.1 Å². The molecular formula is C12H15N3S. The molecule has 0 saturated heterocycles. The first kappa shape index (κ1) is 11.2. The van der Waals surface area contributed by atoms with Gasteiger partial charge in [-0.25, -0.2) is 4.98 Å². The minimum atomic E-state index is 0.901. The largest absolute Gasteiger partial charge is 0.312 e. The zero-order chi connectivity index (χ0) is 11.4. The smallest absolute Gasteiger partial charge is 0.123 e. The molecule has 3 nitrogen and oxygen atoms in total. The number of nitrogens with zero attached hydrogens (tertiary/aromatic N) is 2. The molecule has 1 N–H and O–H groups in total. The highest BCUT2D eigenvalue weighted by molar-refractivity contribution is 7.15. The number of hydrogen-bond donors (Lipinski definition) is 1. The molecule has 0 aliphatic carbocycles. The number of hydrogen-bond acceptors (Lipinski definition) is 4. The van der Waals surface area contributed by atoms with Crippen molar-refractivity contribution in [3.05, 3.63) is 35.1 Å². The first-order valence-corrected chi connectivity index (χ1v) is 6.19. The number of thiazole rings is 1. The Hall–Kier alpha value is -1.26. The molecule has 0 aliphatic heterocycles. The van der Waals surface area contributed by atoms with Gasteiger partial charge in [0, 0.05) is 35.6 Å². The average molecular weight is 233 g/mol. The predicted octanol–water partition coefficient (Wildman–Crippen LogP) is 2.62. The van der Waals surface area contributed by atoms with Gasteiger partial charge < -0.3 is 5.32 Å². The normalized spacial score (nSPS) is 10.6. The molecule has 0 bridgehead atoms. The second-order valence-electron chi connectivity index (χ2n) is 3.60. The van der Waals surface area contributed by atoms with Crippen molar-refractivity contribution in [1.82, 2.24) is 15.3 Å². The molecule has 16 heavy (non-hydrogen) atoms. The Bertz CT molecular complexity index is 465. The quantitative estimate of drug-likeness (QED) is 0.882. The molecule has 0 aliphatic rings. The maximum absolute atomic E-state index is 4.45. The Morgan fingerprint density at radius 2 is 2.25 bits per heavy atom. The second kappa shape index (κ2) is 5.18. The molecule has 4 heteroatoms. The number of aryl methyl sites for hydroxylation is 1. The highest BCUT2D eigenvalue weighted by Gasteiger charge is 2.06. The van der Waals surface area contributed by atoms with Gasteiger partial charge >= 0.3 is 0 Å². The van der Waals surface area contributed by atoms with Gasteiger partial charge in [-0.15, -0.1) is 11.3 Å². The van der Waals surface area contributed by atoms with Gasteiger partial charge in [0.25, 0.3) is 0 Å². The van der Waals surface area contributed by atoms with Gasteiger partial charge in [-0.05, 0) is 25.1 Å². The third-order valence-electron chi connectivity index (χ3n) is 2.35. The maximum atomic E-state index is 4.45. The lowest BCUT2D eigenvalue weighted by atomic mass is 10.2. The van der Waals surface area contributed by atoms with Crippen molar-refractivity contribution in [2.45, 2.75) is 20.4 Å². The first-order valence-electron chi connectivity index (χ1n) is 5.37. The lowest BCUT2D eigenvalue weighted by Crippen LogP contribution is -2.10. The fraction of sp³-hybridized carbons (Fsp3) is 0.333. The van der Waals surface area contributed by atoms with Crippen molar-refractivity contribution < 1.29 is 0 Å². The van der Waals surface area contributed by atoms with Crippen LogP contribution in [0.5, 0.6) is 0 Å². The summed E-state index contributed by atoms with van der Waals surface area (Å²) in [7, 11) is 0. The number of nitrogens with one attached hydrogen (secondary N) is 1. The van der Waals surface area contributed by atoms with Crippen LogP contribution in [0.3, 0.4) is 0 Å². The van der Waals surface area contributed by atoms with Gasteiger partial charge in [0.05, 0.1) is 0 Å². The van der Waals surface area contributed by atoms with E-state index in [0.29, 0.717) is 0 Å². The first-order chi connectivity index (χ1) is 7.81. The fourth-order valence-electron chi connectivity index (χ4n) is 1.48. The van der Waals surface area contributed by atoms with E-state index in [4.69, 9.17) is 0 Å². The molecular weight excluding hydrogens is 218 g/mol. The zero-order valence-electron chi connectivity index (χ0n) is 9.53. The van der Waals surface area contributed by atoms with Crippen LogP contribution in [0.15, 0.2) is 24.7 Å². The third-order valence-corrected chi connectivity index (χ3v) is 3.38. The molecule has 2 rings (SSSR count). The van der Waals surface area contributed by atoms with Crippen LogP contribution in [0, 0.1) is 6.92 Å². The van der Waals surface area contributed by atoms with E-state index in [0.717, 1.165) is 18.1 Å². The topological polar surface area (TPSA) is 37.8 Å². The summed E-state index contributed by atoms with van der Waals surface area (Å²) in [6, 6.07) is 2.02. The Labute approximate surface area is 99.6 Å². The van der Waals surface area contributed by atoms with Crippen molar-refractivity contribution in [3.8, 4) is 10.6 Å². The molecule has 0 radical (unpaired) electrons. The van der Waals surface area contributed by atoms with Crippen LogP contribution in [-0.2, 0) is 6.54 Å². The van der Waals surface area contributed by atoms with Crippen LogP contribution in [0.2, 0.25) is 0 Å². The molecule has 2 heterocycles. The van der Waals surface area contributed by atoms with Crippen LogP contribution in [0.4, 0.5) is 0 Å². The van der Waals surface area contributed by atoms with Crippen molar-refractivity contribution in [3.63, 3.8) is 0 Å². The SMILES string of the molecule is CCNCc1cnc(-c2ccncc2C)s1. The summed E-state index contributed by atoms with van der Waals surface area (Å²) in [6.07, 6.45) is 5.64. The predicted molar refractivity (Wildman–Crippen MR) is 67.5 cm³/mol. The summed E-state index contributed by atoms with van der Waals surface area (Å²) in [6.45, 7) is 6.06. The number of rotatable bonds is 4. The Balaban J connectivity index is 2.22. The van der Waals surface area contributed by atoms with Crippen LogP contribution in [-0.4, -0.2) is 16.5 Å². The molecule has 0 saturated carbocycles. The van der Waals surface area contributed by atoms with E-state index in [1.165, 1.54) is 16.0 Å². The van der Waals surface area contributed by atoms with Crippen molar-refractivity contribution in [1.29, 1.82) is 0 Å². The third kappa shape index (κ3) is 2.46. The molecule has 0 amide bonds. The molecule has 2 aromatic heterocycles. The summed E-state index contributed by atoms with van der Waals surface area (Å²) < 4.78 is 0. The van der Waals surface area contributed by atoms with E-state index in [-0.39, 0.29) is 0 Å². The lowest BCUT2D eigenvalue weighted by molar-refractivity contribution is 0.734. The van der Waals surface area contributed by atoms with Gasteiger partial charge in [-0.1, -0.05) is 6.92 Å². The van der Waals surface area contributed by atoms with Crippen LogP contribution in [0.25, 0.3) is 10.6 Å². The van der Waals surface area contributed by atoms with Crippen molar-refractivity contribution >= 4 is 11.3 Å². The minimum absolute atomic E-state index is 0.901. The Morgan fingerprint density at radius 1 is 1.38 bits per heavy atom. The molecule has 0 fully saturated rings. The molecule has 2 aromatic rings. The fourth-order valence-corrected chi connectivity index (χ4v) is 2.45. The van der Waals surface area contributed by atoms with Gasteiger partial charge in [0.1, 0.15) is 5.01 Å². The minimum Gasteiger partial charge on any atom is -0.312 e. The molecule has 0 spiro atoms. The van der Waals surface area contributed by atoms with E-state index >= 15 is 0 Å². The molecule has 0 atom stereocenters. The standard InChI is InChI=1S/C12H15N3S/c1-3-13-7-10-8-15-12(16-10)11-4-5-14-6-9(11)2/h4-6,8,13H,3,7H2,1-2H3. The van der Waals surface area contributed by atoms with Crippen molar-refractivity contribution in [2.75, 3.05) is 6.54 Å². The summed E-state index contributed by atoms with van der Waals surface area (Å²) in [5.74, 6) is 0. The van der Waals surface area contributed by atoms with Crippen LogP contribution in [0.1, 0.15) is 17.4 Å². The van der Waals surface area contributed by atoms with Crippen molar-refractivity contribution in [2.24, 2.45) is 0 Å². The van der Waals surface area contributed by atoms with Crippen LogP contribution < -0.4 is 5.32 Å². The van der Waals surface area contributed by atoms with E-state index in [1.54, 1.807) is 11.3 Å². The lowest BCUT2D eigenvalue weighted by Gasteiger charge is -1.99. The van der Waals surface area contributed by atoms with Gasteiger partial charge in [-0.3, -0.25) is 4.98 Å². The van der Waals surface area contributed by atoms with Gasteiger partial charge in [-0.2, -0.15) is 0 Å².